The molecule has 2 heterocycles. The van der Waals surface area contributed by atoms with Gasteiger partial charge in [-0.25, -0.2) is 0 Å². The first kappa shape index (κ1) is 18.7. The zero-order chi connectivity index (χ0) is 19.9. The maximum Gasteiger partial charge on any atom is 0.260 e. The van der Waals surface area contributed by atoms with E-state index >= 15 is 0 Å². The number of nitrogens with zero attached hydrogens (tertiary/aromatic N) is 2. The molecule has 3 N–H and O–H groups in total. The zero-order valence-corrected chi connectivity index (χ0v) is 15.3. The number of ether oxygens (including phenoxy) is 1. The topological polar surface area (TPSA) is 113 Å². The van der Waals surface area contributed by atoms with Gasteiger partial charge in [0.1, 0.15) is 11.4 Å². The summed E-state index contributed by atoms with van der Waals surface area (Å²) in [4.78, 5) is 39.4. The predicted octanol–water partition coefficient (Wildman–Crippen LogP) is 1.18. The first-order chi connectivity index (χ1) is 12.8. The van der Waals surface area contributed by atoms with Crippen molar-refractivity contribution in [3.05, 3.63) is 47.2 Å². The van der Waals surface area contributed by atoms with E-state index in [0.717, 1.165) is 0 Å². The van der Waals surface area contributed by atoms with E-state index < -0.39 is 18.2 Å². The van der Waals surface area contributed by atoms with Gasteiger partial charge in [0.15, 0.2) is 6.23 Å². The lowest BCUT2D eigenvalue weighted by Gasteiger charge is -2.34. The summed E-state index contributed by atoms with van der Waals surface area (Å²) in [6.07, 6.45) is 3.93. The van der Waals surface area contributed by atoms with Crippen molar-refractivity contribution in [3.63, 3.8) is 0 Å². The molecule has 0 saturated heterocycles. The Bertz CT molecular complexity index is 890. The van der Waals surface area contributed by atoms with Crippen molar-refractivity contribution in [1.82, 2.24) is 4.90 Å². The van der Waals surface area contributed by atoms with Gasteiger partial charge in [-0.1, -0.05) is 12.1 Å². The van der Waals surface area contributed by atoms with Crippen LogP contribution in [0.15, 0.2) is 36.1 Å². The number of hydrogen-bond acceptors (Lipinski definition) is 5. The van der Waals surface area contributed by atoms with Crippen molar-refractivity contribution in [2.45, 2.75) is 32.5 Å². The van der Waals surface area contributed by atoms with Crippen LogP contribution in [0.5, 0.6) is 5.75 Å². The molecule has 2 aliphatic heterocycles. The van der Waals surface area contributed by atoms with E-state index in [1.165, 1.54) is 29.9 Å². The van der Waals surface area contributed by atoms with E-state index in [0.29, 0.717) is 17.6 Å². The summed E-state index contributed by atoms with van der Waals surface area (Å²) in [6, 6.07) is 2.70. The molecule has 1 aromatic carbocycles. The molecule has 3 rings (SSSR count). The molecule has 0 spiro atoms. The summed E-state index contributed by atoms with van der Waals surface area (Å²) in [5.74, 6) is -1.45. The Kier molecular flexibility index (Phi) is 4.75. The Hall–Kier alpha value is -3.13. The third-order valence-corrected chi connectivity index (χ3v) is 4.79. The van der Waals surface area contributed by atoms with Crippen molar-refractivity contribution in [2.75, 3.05) is 12.0 Å². The maximum atomic E-state index is 13.2. The van der Waals surface area contributed by atoms with Crippen LogP contribution in [0.25, 0.3) is 0 Å². The van der Waals surface area contributed by atoms with Gasteiger partial charge in [0.05, 0.1) is 11.6 Å². The first-order valence-electron chi connectivity index (χ1n) is 8.42. The molecule has 0 fully saturated rings. The summed E-state index contributed by atoms with van der Waals surface area (Å²) in [6.45, 7) is 3.05. The number of amides is 3. The minimum absolute atomic E-state index is 0.128. The van der Waals surface area contributed by atoms with Gasteiger partial charge in [0.25, 0.3) is 5.91 Å². The van der Waals surface area contributed by atoms with Crippen molar-refractivity contribution in [1.29, 1.82) is 0 Å². The van der Waals surface area contributed by atoms with Gasteiger partial charge in [0.2, 0.25) is 11.8 Å². The molecular weight excluding hydrogens is 350 g/mol. The van der Waals surface area contributed by atoms with Crippen LogP contribution in [0.1, 0.15) is 29.3 Å². The average molecular weight is 371 g/mol. The zero-order valence-electron chi connectivity index (χ0n) is 15.3. The summed E-state index contributed by atoms with van der Waals surface area (Å²) in [5.41, 5.74) is 6.74. The first-order valence-corrected chi connectivity index (χ1v) is 8.42. The quantitative estimate of drug-likeness (QED) is 0.775. The largest absolute Gasteiger partial charge is 0.505 e. The Morgan fingerprint density at radius 2 is 2.07 bits per heavy atom. The molecule has 0 saturated carbocycles. The Balaban J connectivity index is 2.18. The number of aryl methyl sites for hydroxylation is 1. The number of carbonyl (C=O) groups excluding carboxylic acids is 3. The Morgan fingerprint density at radius 1 is 1.37 bits per heavy atom. The number of primary amides is 1. The van der Waals surface area contributed by atoms with Crippen LogP contribution in [0.4, 0.5) is 5.69 Å². The summed E-state index contributed by atoms with van der Waals surface area (Å²) < 4.78 is 5.58. The number of phenols is 1. The molecule has 8 heteroatoms. The Morgan fingerprint density at radius 3 is 2.67 bits per heavy atom. The van der Waals surface area contributed by atoms with Crippen LogP contribution in [-0.2, 0) is 14.3 Å². The summed E-state index contributed by atoms with van der Waals surface area (Å²) >= 11 is 0. The smallest absolute Gasteiger partial charge is 0.260 e. The molecule has 0 aliphatic carbocycles. The molecule has 2 aliphatic rings. The standard InChI is InChI=1S/C19H21N3O5/c1-10-4-6-13-16(17(10)25)22(11(2)23)19(27-3)14-8-12(5-7-15(20)24)9-21(14)18(13)26/h4-7,9,14,19,25H,8H2,1-3H3,(H2,20,24)/b7-5+. The Labute approximate surface area is 156 Å². The van der Waals surface area contributed by atoms with Gasteiger partial charge < -0.3 is 20.5 Å². The molecule has 1 aromatic rings. The number of allylic oxidation sites excluding steroid dienone is 1. The van der Waals surface area contributed by atoms with E-state index in [1.807, 2.05) is 0 Å². The van der Waals surface area contributed by atoms with Gasteiger partial charge in [-0.15, -0.1) is 0 Å². The lowest BCUT2D eigenvalue weighted by Crippen LogP contribution is -2.50. The van der Waals surface area contributed by atoms with E-state index in [9.17, 15) is 19.5 Å². The van der Waals surface area contributed by atoms with Crippen LogP contribution in [0.3, 0.4) is 0 Å². The van der Waals surface area contributed by atoms with Crippen LogP contribution in [0.2, 0.25) is 0 Å². The molecule has 2 unspecified atom stereocenters. The number of rotatable bonds is 3. The number of benzene rings is 1. The van der Waals surface area contributed by atoms with Crippen LogP contribution < -0.4 is 10.6 Å². The van der Waals surface area contributed by atoms with Crippen molar-refractivity contribution >= 4 is 23.4 Å². The molecule has 8 nitrogen and oxygen atoms in total. The van der Waals surface area contributed by atoms with E-state index in [4.69, 9.17) is 10.5 Å². The van der Waals surface area contributed by atoms with Gasteiger partial charge in [0, 0.05) is 26.3 Å². The number of aromatic hydroxyl groups is 1. The molecule has 3 amide bonds. The SMILES string of the molecule is COC1C2CC(/C=C/C(N)=O)=CN2C(=O)c2ccc(C)c(O)c2N1C(C)=O. The van der Waals surface area contributed by atoms with Gasteiger partial charge in [-0.3, -0.25) is 19.3 Å². The maximum absolute atomic E-state index is 13.2. The van der Waals surface area contributed by atoms with Crippen LogP contribution in [-0.4, -0.2) is 47.1 Å². The van der Waals surface area contributed by atoms with Crippen molar-refractivity contribution in [2.24, 2.45) is 5.73 Å². The lowest BCUT2D eigenvalue weighted by atomic mass is 10.1. The number of fused-ring (bicyclic) bond motifs is 2. The molecule has 0 bridgehead atoms. The minimum atomic E-state index is -0.809. The van der Waals surface area contributed by atoms with Crippen molar-refractivity contribution < 1.29 is 24.2 Å². The normalized spacial score (nSPS) is 21.7. The third kappa shape index (κ3) is 3.08. The van der Waals surface area contributed by atoms with Crippen LogP contribution >= 0.6 is 0 Å². The van der Waals surface area contributed by atoms with E-state index in [2.05, 4.69) is 0 Å². The van der Waals surface area contributed by atoms with E-state index in [1.54, 1.807) is 31.3 Å². The summed E-state index contributed by atoms with van der Waals surface area (Å²) in [5, 5.41) is 10.6. The van der Waals surface area contributed by atoms with Crippen LogP contribution in [0, 0.1) is 6.92 Å². The fraction of sp³-hybridized carbons (Fsp3) is 0.316. The monoisotopic (exact) mass is 371 g/mol. The highest BCUT2D eigenvalue weighted by Gasteiger charge is 2.45. The number of carbonyl (C=O) groups is 3. The number of anilines is 1. The molecule has 0 aromatic heterocycles. The fourth-order valence-corrected chi connectivity index (χ4v) is 3.55. The highest BCUT2D eigenvalue weighted by Crippen LogP contribution is 2.42. The minimum Gasteiger partial charge on any atom is -0.505 e. The third-order valence-electron chi connectivity index (χ3n) is 4.79. The average Bonchev–Trinajstić information content (AvgIpc) is 3.00. The fourth-order valence-electron chi connectivity index (χ4n) is 3.55. The predicted molar refractivity (Wildman–Crippen MR) is 97.8 cm³/mol. The number of nitrogens with two attached hydrogens (primary N) is 1. The van der Waals surface area contributed by atoms with Gasteiger partial charge >= 0.3 is 0 Å². The van der Waals surface area contributed by atoms with Crippen molar-refractivity contribution in [3.8, 4) is 5.75 Å². The number of methoxy groups -OCH3 is 1. The second-order valence-corrected chi connectivity index (χ2v) is 6.57. The molecule has 27 heavy (non-hydrogen) atoms. The molecular formula is C19H21N3O5. The lowest BCUT2D eigenvalue weighted by molar-refractivity contribution is -0.119. The highest BCUT2D eigenvalue weighted by atomic mass is 16.5. The summed E-state index contributed by atoms with van der Waals surface area (Å²) in [7, 11) is 1.44. The second kappa shape index (κ2) is 6.88. The second-order valence-electron chi connectivity index (χ2n) is 6.57. The molecule has 142 valence electrons. The molecule has 0 radical (unpaired) electrons. The van der Waals surface area contributed by atoms with Gasteiger partial charge in [-0.05, 0) is 30.5 Å². The van der Waals surface area contributed by atoms with Gasteiger partial charge in [-0.2, -0.15) is 0 Å². The van der Waals surface area contributed by atoms with E-state index in [-0.39, 0.29) is 28.8 Å². The highest BCUT2D eigenvalue weighted by molar-refractivity contribution is 6.08. The number of hydrogen-bond donors (Lipinski definition) is 2. The number of phenolic OH excluding ortho intramolecular Hbond substituents is 1. The molecule has 2 atom stereocenters.